The third kappa shape index (κ3) is 3.00. The van der Waals surface area contributed by atoms with Crippen molar-refractivity contribution in [3.8, 4) is 18.0 Å². The highest BCUT2D eigenvalue weighted by Gasteiger charge is 2.18. The van der Waals surface area contributed by atoms with Gasteiger partial charge in [-0.1, -0.05) is 52.7 Å². The summed E-state index contributed by atoms with van der Waals surface area (Å²) >= 11 is 0. The first-order valence-electron chi connectivity index (χ1n) is 9.95. The highest BCUT2D eigenvalue weighted by Crippen LogP contribution is 2.36. The zero-order chi connectivity index (χ0) is 20.1. The summed E-state index contributed by atoms with van der Waals surface area (Å²) in [5.41, 5.74) is 7.36. The molecule has 28 heavy (non-hydrogen) atoms. The van der Waals surface area contributed by atoms with Gasteiger partial charge in [-0.2, -0.15) is 0 Å². The maximum absolute atomic E-state index is 5.55. The van der Waals surface area contributed by atoms with Crippen LogP contribution >= 0.6 is 0 Å². The fourth-order valence-corrected chi connectivity index (χ4v) is 3.85. The van der Waals surface area contributed by atoms with Crippen LogP contribution in [0.5, 0.6) is 0 Å². The number of fused-ring (bicyclic) bond motifs is 3. The summed E-state index contributed by atoms with van der Waals surface area (Å²) in [6.07, 6.45) is 5.55. The fraction of sp³-hybridized carbons (Fsp3) is 0.259. The molecule has 0 atom stereocenters. The SMILES string of the molecule is C#Cc1ccc(-n2c3ccc(C(C)C)cc3c3cc(C(C)(C)C)ccc32)cc1. The van der Waals surface area contributed by atoms with Crippen LogP contribution in [0.4, 0.5) is 0 Å². The molecule has 0 spiro atoms. The van der Waals surface area contributed by atoms with E-state index in [1.165, 1.54) is 32.9 Å². The Morgan fingerprint density at radius 2 is 1.43 bits per heavy atom. The minimum atomic E-state index is 0.118. The molecular weight excluding hydrogens is 338 g/mol. The third-order valence-electron chi connectivity index (χ3n) is 5.61. The quantitative estimate of drug-likeness (QED) is 0.331. The van der Waals surface area contributed by atoms with Gasteiger partial charge in [-0.25, -0.2) is 0 Å². The van der Waals surface area contributed by atoms with Gasteiger partial charge < -0.3 is 4.57 Å². The Hall–Kier alpha value is -2.98. The molecule has 0 aliphatic carbocycles. The number of hydrogen-bond donors (Lipinski definition) is 0. The lowest BCUT2D eigenvalue weighted by Gasteiger charge is -2.19. The molecule has 0 unspecified atom stereocenters. The molecule has 4 aromatic rings. The maximum Gasteiger partial charge on any atom is 0.0541 e. The zero-order valence-corrected chi connectivity index (χ0v) is 17.4. The lowest BCUT2D eigenvalue weighted by molar-refractivity contribution is 0.591. The van der Waals surface area contributed by atoms with Crippen molar-refractivity contribution < 1.29 is 0 Å². The number of hydrogen-bond acceptors (Lipinski definition) is 0. The van der Waals surface area contributed by atoms with Crippen molar-refractivity contribution in [2.24, 2.45) is 0 Å². The van der Waals surface area contributed by atoms with E-state index in [2.05, 4.69) is 93.6 Å². The van der Waals surface area contributed by atoms with E-state index in [1.54, 1.807) is 0 Å². The first kappa shape index (κ1) is 18.4. The van der Waals surface area contributed by atoms with Gasteiger partial charge in [-0.3, -0.25) is 0 Å². The van der Waals surface area contributed by atoms with E-state index in [4.69, 9.17) is 6.42 Å². The minimum Gasteiger partial charge on any atom is -0.309 e. The topological polar surface area (TPSA) is 4.93 Å². The van der Waals surface area contributed by atoms with Crippen LogP contribution in [-0.4, -0.2) is 4.57 Å². The normalized spacial score (nSPS) is 12.0. The van der Waals surface area contributed by atoms with Gasteiger partial charge in [0.15, 0.2) is 0 Å². The Morgan fingerprint density at radius 3 is 2.00 bits per heavy atom. The van der Waals surface area contributed by atoms with Crippen LogP contribution < -0.4 is 0 Å². The molecule has 0 bridgehead atoms. The van der Waals surface area contributed by atoms with Crippen molar-refractivity contribution in [3.63, 3.8) is 0 Å². The predicted molar refractivity (Wildman–Crippen MR) is 122 cm³/mol. The molecule has 140 valence electrons. The van der Waals surface area contributed by atoms with Gasteiger partial charge in [0.2, 0.25) is 0 Å². The molecule has 0 fully saturated rings. The van der Waals surface area contributed by atoms with Crippen LogP contribution in [0.25, 0.3) is 27.5 Å². The average molecular weight is 366 g/mol. The van der Waals surface area contributed by atoms with E-state index >= 15 is 0 Å². The van der Waals surface area contributed by atoms with Crippen molar-refractivity contribution in [1.29, 1.82) is 0 Å². The van der Waals surface area contributed by atoms with Crippen molar-refractivity contribution in [1.82, 2.24) is 4.57 Å². The van der Waals surface area contributed by atoms with Gasteiger partial charge >= 0.3 is 0 Å². The molecule has 3 aromatic carbocycles. The van der Waals surface area contributed by atoms with E-state index in [0.29, 0.717) is 5.92 Å². The Balaban J connectivity index is 2.08. The molecule has 0 radical (unpaired) electrons. The molecular formula is C27H27N. The largest absolute Gasteiger partial charge is 0.309 e. The molecule has 0 aliphatic heterocycles. The second kappa shape index (κ2) is 6.57. The molecule has 1 nitrogen and oxygen atoms in total. The molecule has 0 amide bonds. The van der Waals surface area contributed by atoms with Crippen LogP contribution in [0, 0.1) is 12.3 Å². The summed E-state index contributed by atoms with van der Waals surface area (Å²) in [4.78, 5) is 0. The number of aromatic nitrogens is 1. The Labute approximate surface area is 168 Å². The summed E-state index contributed by atoms with van der Waals surface area (Å²) in [6.45, 7) is 11.3. The van der Waals surface area contributed by atoms with Gasteiger partial charge in [0.25, 0.3) is 0 Å². The lowest BCUT2D eigenvalue weighted by atomic mass is 9.86. The summed E-state index contributed by atoms with van der Waals surface area (Å²) < 4.78 is 2.35. The maximum atomic E-state index is 5.55. The Morgan fingerprint density at radius 1 is 0.821 bits per heavy atom. The molecule has 1 aromatic heterocycles. The van der Waals surface area contributed by atoms with Crippen LogP contribution in [0.2, 0.25) is 0 Å². The molecule has 1 heterocycles. The Bertz CT molecular complexity index is 1210. The number of rotatable bonds is 2. The highest BCUT2D eigenvalue weighted by molar-refractivity contribution is 6.09. The second-order valence-corrected chi connectivity index (χ2v) is 8.94. The van der Waals surface area contributed by atoms with Crippen LogP contribution in [0.3, 0.4) is 0 Å². The van der Waals surface area contributed by atoms with Gasteiger partial charge in [0.05, 0.1) is 11.0 Å². The number of nitrogens with zero attached hydrogens (tertiary/aromatic N) is 1. The van der Waals surface area contributed by atoms with Crippen LogP contribution in [0.1, 0.15) is 57.2 Å². The summed E-state index contributed by atoms with van der Waals surface area (Å²) in [7, 11) is 0. The van der Waals surface area contributed by atoms with E-state index in [-0.39, 0.29) is 5.41 Å². The van der Waals surface area contributed by atoms with Crippen molar-refractivity contribution in [3.05, 3.63) is 77.4 Å². The summed E-state index contributed by atoms with van der Waals surface area (Å²) in [6, 6.07) is 22.0. The summed E-state index contributed by atoms with van der Waals surface area (Å²) in [5.74, 6) is 3.21. The molecule has 1 heteroatoms. The molecule has 0 aliphatic rings. The minimum absolute atomic E-state index is 0.118. The number of terminal acetylenes is 1. The van der Waals surface area contributed by atoms with Gasteiger partial charge in [-0.15, -0.1) is 6.42 Å². The van der Waals surface area contributed by atoms with E-state index in [1.807, 2.05) is 12.1 Å². The first-order chi connectivity index (χ1) is 13.3. The smallest absolute Gasteiger partial charge is 0.0541 e. The monoisotopic (exact) mass is 365 g/mol. The third-order valence-corrected chi connectivity index (χ3v) is 5.61. The van der Waals surface area contributed by atoms with Gasteiger partial charge in [-0.05, 0) is 71.0 Å². The van der Waals surface area contributed by atoms with Crippen LogP contribution in [-0.2, 0) is 5.41 Å². The van der Waals surface area contributed by atoms with Crippen molar-refractivity contribution >= 4 is 21.8 Å². The van der Waals surface area contributed by atoms with E-state index in [0.717, 1.165) is 11.3 Å². The summed E-state index contributed by atoms with van der Waals surface area (Å²) in [5, 5.41) is 2.62. The fourth-order valence-electron chi connectivity index (χ4n) is 3.85. The Kier molecular flexibility index (Phi) is 4.31. The molecule has 4 rings (SSSR count). The standard InChI is InChI=1S/C27H27N/c1-7-19-8-12-22(13-9-19)28-25-14-10-20(18(2)3)16-23(25)24-17-21(27(4,5)6)11-15-26(24)28/h1,8-18H,2-6H3. The highest BCUT2D eigenvalue weighted by atomic mass is 15.0. The van der Waals surface area contributed by atoms with E-state index < -0.39 is 0 Å². The molecule has 0 saturated carbocycles. The van der Waals surface area contributed by atoms with Crippen molar-refractivity contribution in [2.45, 2.75) is 46.0 Å². The predicted octanol–water partition coefficient (Wildman–Crippen LogP) is 7.19. The van der Waals surface area contributed by atoms with Crippen LogP contribution in [0.15, 0.2) is 60.7 Å². The number of benzene rings is 3. The zero-order valence-electron chi connectivity index (χ0n) is 17.4. The first-order valence-corrected chi connectivity index (χ1v) is 9.95. The van der Waals surface area contributed by atoms with E-state index in [9.17, 15) is 0 Å². The van der Waals surface area contributed by atoms with Crippen molar-refractivity contribution in [2.75, 3.05) is 0 Å². The lowest BCUT2D eigenvalue weighted by Crippen LogP contribution is -2.10. The second-order valence-electron chi connectivity index (χ2n) is 8.94. The average Bonchev–Trinajstić information content (AvgIpc) is 3.00. The molecule has 0 saturated heterocycles. The van der Waals surface area contributed by atoms with Gasteiger partial charge in [0, 0.05) is 22.0 Å². The molecule has 0 N–H and O–H groups in total. The van der Waals surface area contributed by atoms with Gasteiger partial charge in [0.1, 0.15) is 0 Å².